The molecular weight excluding hydrogens is 152 g/mol. The molecule has 2 rings (SSSR count). The largest absolute Gasteiger partial charge is 0.392 e. The third kappa shape index (κ3) is 1.49. The van der Waals surface area contributed by atoms with Crippen molar-refractivity contribution in [2.24, 2.45) is 0 Å². The second-order valence-corrected chi connectivity index (χ2v) is 3.93. The van der Waals surface area contributed by atoms with E-state index in [0.29, 0.717) is 6.04 Å². The molecule has 70 valence electrons. The number of nitrogens with zero attached hydrogens (tertiary/aromatic N) is 2. The number of hydrogen-bond donors (Lipinski definition) is 1. The summed E-state index contributed by atoms with van der Waals surface area (Å²) in [6, 6.07) is 0.633. The molecule has 2 heterocycles. The van der Waals surface area contributed by atoms with E-state index < -0.39 is 0 Å². The number of hydrogen-bond acceptors (Lipinski definition) is 3. The zero-order valence-electron chi connectivity index (χ0n) is 7.74. The minimum Gasteiger partial charge on any atom is -0.392 e. The summed E-state index contributed by atoms with van der Waals surface area (Å²) in [5, 5.41) is 9.46. The van der Waals surface area contributed by atoms with Crippen molar-refractivity contribution in [3.8, 4) is 0 Å². The minimum absolute atomic E-state index is 0.0631. The molecule has 0 unspecified atom stereocenters. The molecule has 0 saturated carbocycles. The molecule has 2 aliphatic rings. The molecule has 0 radical (unpaired) electrons. The number of rotatable bonds is 1. The second kappa shape index (κ2) is 3.32. The fourth-order valence-corrected chi connectivity index (χ4v) is 2.37. The second-order valence-electron chi connectivity index (χ2n) is 3.93. The summed E-state index contributed by atoms with van der Waals surface area (Å²) < 4.78 is 0. The summed E-state index contributed by atoms with van der Waals surface area (Å²) in [7, 11) is 0. The Hall–Kier alpha value is -0.120. The van der Waals surface area contributed by atoms with E-state index in [2.05, 4.69) is 16.7 Å². The van der Waals surface area contributed by atoms with Crippen LogP contribution in [0.5, 0.6) is 0 Å². The number of fused-ring (bicyclic) bond motifs is 1. The number of aliphatic hydroxyl groups excluding tert-OH is 1. The summed E-state index contributed by atoms with van der Waals surface area (Å²) in [4.78, 5) is 4.90. The smallest absolute Gasteiger partial charge is 0.0682 e. The van der Waals surface area contributed by atoms with Crippen LogP contribution in [0.25, 0.3) is 0 Å². The van der Waals surface area contributed by atoms with Gasteiger partial charge in [0, 0.05) is 32.2 Å². The fraction of sp³-hybridized carbons (Fsp3) is 1.00. The lowest BCUT2D eigenvalue weighted by Crippen LogP contribution is -2.49. The van der Waals surface area contributed by atoms with Crippen molar-refractivity contribution < 1.29 is 5.11 Å². The highest BCUT2D eigenvalue weighted by atomic mass is 16.3. The van der Waals surface area contributed by atoms with Crippen molar-refractivity contribution >= 4 is 0 Å². The van der Waals surface area contributed by atoms with Crippen LogP contribution in [0.15, 0.2) is 0 Å². The first-order valence-electron chi connectivity index (χ1n) is 4.94. The molecule has 3 nitrogen and oxygen atoms in total. The van der Waals surface area contributed by atoms with Gasteiger partial charge in [0.15, 0.2) is 0 Å². The number of likely N-dealkylation sites (N-methyl/N-ethyl adjacent to an activating group) is 1. The molecule has 12 heavy (non-hydrogen) atoms. The van der Waals surface area contributed by atoms with E-state index in [1.165, 1.54) is 6.54 Å². The summed E-state index contributed by atoms with van der Waals surface area (Å²) in [6.07, 6.45) is 0.919. The Balaban J connectivity index is 1.93. The Morgan fingerprint density at radius 1 is 1.33 bits per heavy atom. The van der Waals surface area contributed by atoms with Gasteiger partial charge in [-0.3, -0.25) is 4.90 Å². The van der Waals surface area contributed by atoms with E-state index in [-0.39, 0.29) is 6.10 Å². The van der Waals surface area contributed by atoms with Gasteiger partial charge < -0.3 is 10.0 Å². The molecule has 2 atom stereocenters. The maximum absolute atomic E-state index is 9.46. The quantitative estimate of drug-likeness (QED) is 0.588. The monoisotopic (exact) mass is 170 g/mol. The van der Waals surface area contributed by atoms with Crippen molar-refractivity contribution in [2.45, 2.75) is 25.5 Å². The average molecular weight is 170 g/mol. The van der Waals surface area contributed by atoms with E-state index in [1.807, 2.05) is 0 Å². The van der Waals surface area contributed by atoms with Gasteiger partial charge in [-0.15, -0.1) is 0 Å². The predicted octanol–water partition coefficient (Wildman–Crippen LogP) is -0.243. The number of piperazine rings is 1. The van der Waals surface area contributed by atoms with Crippen molar-refractivity contribution in [3.05, 3.63) is 0 Å². The zero-order valence-corrected chi connectivity index (χ0v) is 7.74. The van der Waals surface area contributed by atoms with Gasteiger partial charge in [0.2, 0.25) is 0 Å². The van der Waals surface area contributed by atoms with Gasteiger partial charge in [-0.2, -0.15) is 0 Å². The van der Waals surface area contributed by atoms with Crippen LogP contribution >= 0.6 is 0 Å². The van der Waals surface area contributed by atoms with E-state index in [4.69, 9.17) is 0 Å². The lowest BCUT2D eigenvalue weighted by Gasteiger charge is -2.36. The molecule has 0 aromatic rings. The van der Waals surface area contributed by atoms with E-state index in [0.717, 1.165) is 32.6 Å². The van der Waals surface area contributed by atoms with Gasteiger partial charge in [-0.25, -0.2) is 0 Å². The summed E-state index contributed by atoms with van der Waals surface area (Å²) in [5.41, 5.74) is 0. The SMILES string of the molecule is CCN1CCN2C[C@H](O)C[C@H]2C1. The Bertz CT molecular complexity index is 163. The number of aliphatic hydroxyl groups is 1. The minimum atomic E-state index is -0.0631. The molecule has 1 N–H and O–H groups in total. The Morgan fingerprint density at radius 2 is 2.17 bits per heavy atom. The van der Waals surface area contributed by atoms with Crippen LogP contribution in [0.1, 0.15) is 13.3 Å². The van der Waals surface area contributed by atoms with Crippen molar-refractivity contribution in [2.75, 3.05) is 32.7 Å². The molecule has 0 aromatic carbocycles. The maximum atomic E-state index is 9.46. The van der Waals surface area contributed by atoms with Gasteiger partial charge in [0.05, 0.1) is 6.10 Å². The van der Waals surface area contributed by atoms with Crippen LogP contribution in [0.3, 0.4) is 0 Å². The average Bonchev–Trinajstić information content (AvgIpc) is 2.43. The van der Waals surface area contributed by atoms with Gasteiger partial charge in [0.1, 0.15) is 0 Å². The Kier molecular flexibility index (Phi) is 2.35. The van der Waals surface area contributed by atoms with E-state index in [9.17, 15) is 5.11 Å². The van der Waals surface area contributed by atoms with Crippen LogP contribution in [-0.2, 0) is 0 Å². The summed E-state index contributed by atoms with van der Waals surface area (Å²) in [5.74, 6) is 0. The normalized spacial score (nSPS) is 38.5. The van der Waals surface area contributed by atoms with Crippen molar-refractivity contribution in [1.29, 1.82) is 0 Å². The Morgan fingerprint density at radius 3 is 2.92 bits per heavy atom. The van der Waals surface area contributed by atoms with Gasteiger partial charge >= 0.3 is 0 Å². The standard InChI is InChI=1S/C9H18N2O/c1-2-10-3-4-11-7-9(12)5-8(11)6-10/h8-9,12H,2-7H2,1H3/t8-,9+/m0/s1. The molecule has 2 aliphatic heterocycles. The highest BCUT2D eigenvalue weighted by Crippen LogP contribution is 2.21. The summed E-state index contributed by atoms with van der Waals surface area (Å²) >= 11 is 0. The Labute approximate surface area is 74.0 Å². The van der Waals surface area contributed by atoms with Gasteiger partial charge in [-0.05, 0) is 13.0 Å². The van der Waals surface area contributed by atoms with Crippen LogP contribution in [0.2, 0.25) is 0 Å². The highest BCUT2D eigenvalue weighted by Gasteiger charge is 2.34. The molecule has 2 saturated heterocycles. The molecule has 0 bridgehead atoms. The lowest BCUT2D eigenvalue weighted by molar-refractivity contribution is 0.106. The first-order chi connectivity index (χ1) is 5.79. The predicted molar refractivity (Wildman–Crippen MR) is 48.1 cm³/mol. The van der Waals surface area contributed by atoms with Crippen LogP contribution in [0, 0.1) is 0 Å². The van der Waals surface area contributed by atoms with Crippen molar-refractivity contribution in [1.82, 2.24) is 9.80 Å². The molecule has 0 spiro atoms. The zero-order chi connectivity index (χ0) is 8.55. The molecule has 2 fully saturated rings. The van der Waals surface area contributed by atoms with E-state index in [1.54, 1.807) is 0 Å². The van der Waals surface area contributed by atoms with Crippen LogP contribution in [-0.4, -0.2) is 59.8 Å². The van der Waals surface area contributed by atoms with Crippen molar-refractivity contribution in [3.63, 3.8) is 0 Å². The van der Waals surface area contributed by atoms with Gasteiger partial charge in [0.25, 0.3) is 0 Å². The molecule has 0 aliphatic carbocycles. The highest BCUT2D eigenvalue weighted by molar-refractivity contribution is 4.90. The molecule has 0 amide bonds. The molecule has 3 heteroatoms. The first-order valence-corrected chi connectivity index (χ1v) is 4.94. The van der Waals surface area contributed by atoms with Crippen LogP contribution in [0.4, 0.5) is 0 Å². The maximum Gasteiger partial charge on any atom is 0.0682 e. The third-order valence-corrected chi connectivity index (χ3v) is 3.13. The van der Waals surface area contributed by atoms with Crippen LogP contribution < -0.4 is 0 Å². The molecule has 0 aromatic heterocycles. The molecular formula is C9H18N2O. The fourth-order valence-electron chi connectivity index (χ4n) is 2.37. The first kappa shape index (κ1) is 8.48. The summed E-state index contributed by atoms with van der Waals surface area (Å²) in [6.45, 7) is 7.76. The topological polar surface area (TPSA) is 26.7 Å². The van der Waals surface area contributed by atoms with E-state index >= 15 is 0 Å². The third-order valence-electron chi connectivity index (χ3n) is 3.13. The lowest BCUT2D eigenvalue weighted by atomic mass is 10.1. The van der Waals surface area contributed by atoms with Gasteiger partial charge in [-0.1, -0.05) is 6.92 Å².